The molecule has 3 heterocycles. The molecule has 6 nitrogen and oxygen atoms in total. The Morgan fingerprint density at radius 2 is 1.95 bits per heavy atom. The van der Waals surface area contributed by atoms with Crippen molar-refractivity contribution >= 4 is 11.5 Å². The van der Waals surface area contributed by atoms with Crippen LogP contribution in [-0.2, 0) is 0 Å². The molecular weight excluding hydrogens is 252 g/mol. The van der Waals surface area contributed by atoms with Crippen LogP contribution in [0.25, 0.3) is 17.2 Å². The zero-order valence-electron chi connectivity index (χ0n) is 11.7. The predicted molar refractivity (Wildman–Crippen MR) is 77.5 cm³/mol. The minimum Gasteiger partial charge on any atom is -0.366 e. The minimum absolute atomic E-state index is 0.317. The fourth-order valence-electron chi connectivity index (χ4n) is 1.92. The van der Waals surface area contributed by atoms with Crippen molar-refractivity contribution in [3.63, 3.8) is 0 Å². The Bertz CT molecular complexity index is 729. The van der Waals surface area contributed by atoms with Gasteiger partial charge in [0.1, 0.15) is 11.5 Å². The summed E-state index contributed by atoms with van der Waals surface area (Å²) in [5.74, 6) is 1.44. The summed E-state index contributed by atoms with van der Waals surface area (Å²) >= 11 is 0. The molecule has 20 heavy (non-hydrogen) atoms. The van der Waals surface area contributed by atoms with Gasteiger partial charge in [0.25, 0.3) is 0 Å². The summed E-state index contributed by atoms with van der Waals surface area (Å²) < 4.78 is 1.71. The molecule has 6 heteroatoms. The minimum atomic E-state index is 0.317. The largest absolute Gasteiger partial charge is 0.366 e. The zero-order valence-corrected chi connectivity index (χ0v) is 11.7. The highest BCUT2D eigenvalue weighted by atomic mass is 15.4. The normalized spacial score (nSPS) is 11.2. The molecule has 0 aliphatic heterocycles. The first-order valence-corrected chi connectivity index (χ1v) is 6.55. The number of anilines is 1. The standard InChI is InChI=1S/C14H16N6/c1-9(2)16-12-6-7-13-17-18-14(20(13)19-12)11-5-4-10(3)8-15-11/h4-9H,1-3H3,(H,16,19). The molecule has 0 fully saturated rings. The van der Waals surface area contributed by atoms with Crippen LogP contribution < -0.4 is 5.32 Å². The Kier molecular flexibility index (Phi) is 3.06. The molecule has 1 N–H and O–H groups in total. The molecule has 0 aliphatic carbocycles. The van der Waals surface area contributed by atoms with Gasteiger partial charge in [-0.1, -0.05) is 6.07 Å². The molecule has 0 atom stereocenters. The lowest BCUT2D eigenvalue weighted by Gasteiger charge is -2.08. The van der Waals surface area contributed by atoms with Crippen molar-refractivity contribution in [2.75, 3.05) is 5.32 Å². The summed E-state index contributed by atoms with van der Waals surface area (Å²) in [6.45, 7) is 6.14. The smallest absolute Gasteiger partial charge is 0.203 e. The van der Waals surface area contributed by atoms with Gasteiger partial charge in [-0.25, -0.2) is 0 Å². The second-order valence-electron chi connectivity index (χ2n) is 5.03. The number of hydrogen-bond acceptors (Lipinski definition) is 5. The number of aryl methyl sites for hydroxylation is 1. The maximum atomic E-state index is 4.51. The highest BCUT2D eigenvalue weighted by Gasteiger charge is 2.11. The van der Waals surface area contributed by atoms with Crippen molar-refractivity contribution in [2.45, 2.75) is 26.8 Å². The van der Waals surface area contributed by atoms with Crippen LogP contribution in [0.4, 0.5) is 5.82 Å². The summed E-state index contributed by atoms with van der Waals surface area (Å²) in [6.07, 6.45) is 1.81. The number of nitrogens with one attached hydrogen (secondary N) is 1. The van der Waals surface area contributed by atoms with E-state index in [2.05, 4.69) is 39.4 Å². The maximum absolute atomic E-state index is 4.51. The van der Waals surface area contributed by atoms with Crippen LogP contribution >= 0.6 is 0 Å². The summed E-state index contributed by atoms with van der Waals surface area (Å²) in [4.78, 5) is 4.38. The Morgan fingerprint density at radius 1 is 1.10 bits per heavy atom. The summed E-state index contributed by atoms with van der Waals surface area (Å²) in [5.41, 5.74) is 2.58. The van der Waals surface area contributed by atoms with Crippen molar-refractivity contribution in [1.82, 2.24) is 24.8 Å². The van der Waals surface area contributed by atoms with E-state index in [0.29, 0.717) is 17.5 Å². The van der Waals surface area contributed by atoms with Gasteiger partial charge in [-0.3, -0.25) is 4.98 Å². The average Bonchev–Trinajstić information content (AvgIpc) is 2.82. The predicted octanol–water partition coefficient (Wildman–Crippen LogP) is 2.32. The van der Waals surface area contributed by atoms with Crippen LogP contribution in [0, 0.1) is 6.92 Å². The highest BCUT2D eigenvalue weighted by Crippen LogP contribution is 2.16. The van der Waals surface area contributed by atoms with Gasteiger partial charge in [0, 0.05) is 12.2 Å². The lowest BCUT2D eigenvalue weighted by molar-refractivity contribution is 0.856. The molecule has 3 rings (SSSR count). The molecule has 0 saturated carbocycles. The summed E-state index contributed by atoms with van der Waals surface area (Å²) in [7, 11) is 0. The lowest BCUT2D eigenvalue weighted by Crippen LogP contribution is -2.12. The molecule has 0 aromatic carbocycles. The van der Waals surface area contributed by atoms with E-state index >= 15 is 0 Å². The van der Waals surface area contributed by atoms with Gasteiger partial charge in [-0.2, -0.15) is 4.52 Å². The van der Waals surface area contributed by atoms with Crippen molar-refractivity contribution in [3.05, 3.63) is 36.0 Å². The Balaban J connectivity index is 2.09. The van der Waals surface area contributed by atoms with Gasteiger partial charge in [0.15, 0.2) is 5.65 Å². The third-order valence-electron chi connectivity index (χ3n) is 2.84. The lowest BCUT2D eigenvalue weighted by atomic mass is 10.3. The van der Waals surface area contributed by atoms with Gasteiger partial charge >= 0.3 is 0 Å². The van der Waals surface area contributed by atoms with E-state index in [4.69, 9.17) is 0 Å². The van der Waals surface area contributed by atoms with Crippen LogP contribution in [0.1, 0.15) is 19.4 Å². The van der Waals surface area contributed by atoms with E-state index < -0.39 is 0 Å². The molecule has 3 aromatic heterocycles. The molecular formula is C14H16N6. The molecule has 102 valence electrons. The van der Waals surface area contributed by atoms with Crippen molar-refractivity contribution < 1.29 is 0 Å². The third-order valence-corrected chi connectivity index (χ3v) is 2.84. The number of aromatic nitrogens is 5. The molecule has 0 radical (unpaired) electrons. The molecule has 3 aromatic rings. The monoisotopic (exact) mass is 268 g/mol. The molecule has 0 aliphatic rings. The summed E-state index contributed by atoms with van der Waals surface area (Å²) in [6, 6.07) is 8.03. The number of pyridine rings is 1. The van der Waals surface area contributed by atoms with Gasteiger partial charge in [-0.15, -0.1) is 15.3 Å². The average molecular weight is 268 g/mol. The zero-order chi connectivity index (χ0) is 14.1. The first-order valence-electron chi connectivity index (χ1n) is 6.55. The van der Waals surface area contributed by atoms with E-state index in [9.17, 15) is 0 Å². The van der Waals surface area contributed by atoms with E-state index in [1.54, 1.807) is 4.52 Å². The third kappa shape index (κ3) is 2.32. The first kappa shape index (κ1) is 12.5. The maximum Gasteiger partial charge on any atom is 0.203 e. The number of fused-ring (bicyclic) bond motifs is 1. The SMILES string of the molecule is Cc1ccc(-c2nnc3ccc(NC(C)C)nn23)nc1. The van der Waals surface area contributed by atoms with Crippen molar-refractivity contribution in [2.24, 2.45) is 0 Å². The molecule has 0 spiro atoms. The van der Waals surface area contributed by atoms with Crippen LogP contribution in [0.15, 0.2) is 30.5 Å². The molecule has 0 unspecified atom stereocenters. The fourth-order valence-corrected chi connectivity index (χ4v) is 1.92. The second kappa shape index (κ2) is 4.88. The van der Waals surface area contributed by atoms with Crippen LogP contribution in [0.5, 0.6) is 0 Å². The van der Waals surface area contributed by atoms with Gasteiger partial charge in [0.05, 0.1) is 0 Å². The quantitative estimate of drug-likeness (QED) is 0.789. The van der Waals surface area contributed by atoms with E-state index in [0.717, 1.165) is 17.1 Å². The van der Waals surface area contributed by atoms with Crippen molar-refractivity contribution in [3.8, 4) is 11.5 Å². The Labute approximate surface area is 116 Å². The van der Waals surface area contributed by atoms with E-state index in [-0.39, 0.29) is 0 Å². The van der Waals surface area contributed by atoms with E-state index in [1.165, 1.54) is 0 Å². The molecule has 0 bridgehead atoms. The first-order chi connectivity index (χ1) is 9.63. The number of nitrogens with zero attached hydrogens (tertiary/aromatic N) is 5. The van der Waals surface area contributed by atoms with Crippen LogP contribution in [0.2, 0.25) is 0 Å². The summed E-state index contributed by atoms with van der Waals surface area (Å²) in [5, 5.41) is 16.1. The highest BCUT2D eigenvalue weighted by molar-refractivity contribution is 5.55. The van der Waals surface area contributed by atoms with Crippen LogP contribution in [-0.4, -0.2) is 30.8 Å². The number of rotatable bonds is 3. The Hall–Kier alpha value is -2.50. The topological polar surface area (TPSA) is 68.0 Å². The molecule has 0 saturated heterocycles. The van der Waals surface area contributed by atoms with Crippen LogP contribution in [0.3, 0.4) is 0 Å². The fraction of sp³-hybridized carbons (Fsp3) is 0.286. The van der Waals surface area contributed by atoms with E-state index in [1.807, 2.05) is 37.4 Å². The van der Waals surface area contributed by atoms with Gasteiger partial charge < -0.3 is 5.32 Å². The van der Waals surface area contributed by atoms with Gasteiger partial charge in [-0.05, 0) is 44.5 Å². The molecule has 0 amide bonds. The second-order valence-corrected chi connectivity index (χ2v) is 5.03. The van der Waals surface area contributed by atoms with Crippen molar-refractivity contribution in [1.29, 1.82) is 0 Å². The van der Waals surface area contributed by atoms with Gasteiger partial charge in [0.2, 0.25) is 5.82 Å². The number of hydrogen-bond donors (Lipinski definition) is 1. The Morgan fingerprint density at radius 3 is 2.65 bits per heavy atom.